The molecule has 1 heterocycles. The van der Waals surface area contributed by atoms with Crippen LogP contribution in [0.15, 0.2) is 42.5 Å². The van der Waals surface area contributed by atoms with E-state index in [9.17, 15) is 9.59 Å². The number of hydrogen-bond donors (Lipinski definition) is 5. The number of benzene rings is 2. The van der Waals surface area contributed by atoms with Gasteiger partial charge in [-0.3, -0.25) is 15.6 Å². The number of carbonyl (C=O) groups is 2. The van der Waals surface area contributed by atoms with Crippen LogP contribution in [-0.2, 0) is 4.79 Å². The van der Waals surface area contributed by atoms with Crippen LogP contribution in [0.3, 0.4) is 0 Å². The highest BCUT2D eigenvalue weighted by atomic mass is 16.5. The monoisotopic (exact) mass is 353 g/mol. The summed E-state index contributed by atoms with van der Waals surface area (Å²) < 4.78 is 5.16. The lowest BCUT2D eigenvalue weighted by Gasteiger charge is -2.11. The van der Waals surface area contributed by atoms with E-state index in [-0.39, 0.29) is 6.03 Å². The van der Waals surface area contributed by atoms with Crippen molar-refractivity contribution in [1.82, 2.24) is 10.4 Å². The normalized spacial score (nSPS) is 10.2. The molecule has 3 rings (SSSR count). The van der Waals surface area contributed by atoms with Gasteiger partial charge in [-0.2, -0.15) is 0 Å². The van der Waals surface area contributed by atoms with Crippen molar-refractivity contribution in [3.63, 3.8) is 0 Å². The second-order valence-corrected chi connectivity index (χ2v) is 5.63. The zero-order chi connectivity index (χ0) is 18.5. The number of fused-ring (bicyclic) bond motifs is 1. The minimum atomic E-state index is -0.339. The first-order valence-electron chi connectivity index (χ1n) is 7.89. The van der Waals surface area contributed by atoms with Gasteiger partial charge in [0, 0.05) is 22.3 Å². The van der Waals surface area contributed by atoms with Crippen LogP contribution in [0.25, 0.3) is 10.9 Å². The zero-order valence-electron chi connectivity index (χ0n) is 14.3. The molecule has 1 aromatic heterocycles. The Balaban J connectivity index is 1.69. The highest BCUT2D eigenvalue weighted by molar-refractivity contribution is 6.01. The molecule has 0 bridgehead atoms. The maximum absolute atomic E-state index is 12.2. The molecule has 0 radical (unpaired) electrons. The number of H-pyrrole nitrogens is 1. The van der Waals surface area contributed by atoms with Crippen molar-refractivity contribution in [2.75, 3.05) is 23.2 Å². The van der Waals surface area contributed by atoms with E-state index in [1.54, 1.807) is 25.3 Å². The summed E-state index contributed by atoms with van der Waals surface area (Å²) >= 11 is 0. The Bertz CT molecular complexity index is 951. The molecule has 134 valence electrons. The Morgan fingerprint density at radius 1 is 1.12 bits per heavy atom. The Morgan fingerprint density at radius 3 is 2.69 bits per heavy atom. The number of hydrazine groups is 1. The van der Waals surface area contributed by atoms with Crippen LogP contribution in [0.2, 0.25) is 0 Å². The molecule has 0 unspecified atom stereocenters. The zero-order valence-corrected chi connectivity index (χ0v) is 14.3. The van der Waals surface area contributed by atoms with Crippen molar-refractivity contribution in [3.8, 4) is 5.75 Å². The quantitative estimate of drug-likeness (QED) is 0.346. The van der Waals surface area contributed by atoms with Gasteiger partial charge in [0.1, 0.15) is 11.6 Å². The lowest BCUT2D eigenvalue weighted by atomic mass is 10.2. The molecule has 0 fully saturated rings. The third kappa shape index (κ3) is 3.86. The van der Waals surface area contributed by atoms with Gasteiger partial charge in [-0.05, 0) is 55.0 Å². The second kappa shape index (κ2) is 7.47. The van der Waals surface area contributed by atoms with E-state index in [4.69, 9.17) is 4.74 Å². The highest BCUT2D eigenvalue weighted by Gasteiger charge is 2.07. The Labute approximate surface area is 149 Å². The predicted molar refractivity (Wildman–Crippen MR) is 101 cm³/mol. The van der Waals surface area contributed by atoms with Gasteiger partial charge < -0.3 is 20.4 Å². The average Bonchev–Trinajstić information content (AvgIpc) is 3.03. The van der Waals surface area contributed by atoms with E-state index in [2.05, 4.69) is 26.5 Å². The summed E-state index contributed by atoms with van der Waals surface area (Å²) in [5.41, 5.74) is 8.20. The van der Waals surface area contributed by atoms with E-state index >= 15 is 0 Å². The molecule has 0 saturated carbocycles. The molecule has 0 aliphatic carbocycles. The molecule has 3 aromatic rings. The molecule has 0 aliphatic rings. The fraction of sp³-hybridized carbons (Fsp3) is 0.111. The number of rotatable bonds is 6. The minimum Gasteiger partial charge on any atom is -0.497 e. The largest absolute Gasteiger partial charge is 0.497 e. The van der Waals surface area contributed by atoms with E-state index in [0.717, 1.165) is 22.2 Å². The maximum atomic E-state index is 12.2. The van der Waals surface area contributed by atoms with E-state index in [0.29, 0.717) is 23.6 Å². The molecule has 0 saturated heterocycles. The number of aromatic nitrogens is 1. The van der Waals surface area contributed by atoms with Gasteiger partial charge in [0.15, 0.2) is 0 Å². The number of aryl methyl sites for hydroxylation is 1. The Kier molecular flexibility index (Phi) is 4.93. The summed E-state index contributed by atoms with van der Waals surface area (Å²) in [4.78, 5) is 25.7. The van der Waals surface area contributed by atoms with Crippen molar-refractivity contribution in [2.24, 2.45) is 0 Å². The van der Waals surface area contributed by atoms with Gasteiger partial charge in [0.2, 0.25) is 6.41 Å². The number of nitrogens with one attached hydrogen (secondary N) is 5. The summed E-state index contributed by atoms with van der Waals surface area (Å²) in [5.74, 6) is 1.38. The first-order valence-corrected chi connectivity index (χ1v) is 7.89. The lowest BCUT2D eigenvalue weighted by Crippen LogP contribution is -2.19. The van der Waals surface area contributed by atoms with Crippen LogP contribution in [-0.4, -0.2) is 24.5 Å². The molecule has 2 aromatic carbocycles. The summed E-state index contributed by atoms with van der Waals surface area (Å²) in [6.07, 6.45) is 0.546. The Hall–Kier alpha value is -3.68. The molecular formula is C18H19N5O3. The second-order valence-electron chi connectivity index (χ2n) is 5.63. The van der Waals surface area contributed by atoms with Crippen molar-refractivity contribution < 1.29 is 14.3 Å². The first-order chi connectivity index (χ1) is 12.6. The Morgan fingerprint density at radius 2 is 1.96 bits per heavy atom. The summed E-state index contributed by atoms with van der Waals surface area (Å²) in [7, 11) is 1.60. The highest BCUT2D eigenvalue weighted by Crippen LogP contribution is 2.23. The van der Waals surface area contributed by atoms with Gasteiger partial charge in [0.05, 0.1) is 7.11 Å². The van der Waals surface area contributed by atoms with Gasteiger partial charge in [-0.1, -0.05) is 0 Å². The lowest BCUT2D eigenvalue weighted by molar-refractivity contribution is -0.109. The van der Waals surface area contributed by atoms with Crippen LogP contribution >= 0.6 is 0 Å². The van der Waals surface area contributed by atoms with E-state index in [1.807, 2.05) is 31.2 Å². The molecule has 0 atom stereocenters. The molecule has 0 aliphatic heterocycles. The number of amides is 3. The van der Waals surface area contributed by atoms with Gasteiger partial charge in [0.25, 0.3) is 0 Å². The number of urea groups is 1. The molecule has 0 spiro atoms. The SMILES string of the molecule is COc1ccc(NC(=O)Nc2ccc3[nH]c(NNC=O)cc3c2)c(C)c1. The van der Waals surface area contributed by atoms with Crippen LogP contribution in [0.5, 0.6) is 5.75 Å². The minimum absolute atomic E-state index is 0.339. The van der Waals surface area contributed by atoms with Crippen LogP contribution in [0, 0.1) is 6.92 Å². The van der Waals surface area contributed by atoms with E-state index in [1.165, 1.54) is 0 Å². The summed E-state index contributed by atoms with van der Waals surface area (Å²) in [5, 5.41) is 6.51. The van der Waals surface area contributed by atoms with Gasteiger partial charge in [-0.15, -0.1) is 0 Å². The smallest absolute Gasteiger partial charge is 0.323 e. The number of methoxy groups -OCH3 is 1. The summed E-state index contributed by atoms with van der Waals surface area (Å²) in [6, 6.07) is 12.4. The topological polar surface area (TPSA) is 107 Å². The van der Waals surface area contributed by atoms with Gasteiger partial charge in [-0.25, -0.2) is 4.79 Å². The molecule has 5 N–H and O–H groups in total. The van der Waals surface area contributed by atoms with Crippen LogP contribution in [0.4, 0.5) is 22.0 Å². The fourth-order valence-corrected chi connectivity index (χ4v) is 2.57. The standard InChI is InChI=1S/C18H19N5O3/c1-11-7-14(26-2)4-6-15(11)22-18(25)20-13-3-5-16-12(8-13)9-17(21-16)23-19-10-24/h3-10,21,23H,1-2H3,(H,19,24)(H2,20,22,25). The first kappa shape index (κ1) is 17.2. The summed E-state index contributed by atoms with van der Waals surface area (Å²) in [6.45, 7) is 1.89. The number of aromatic amines is 1. The van der Waals surface area contributed by atoms with Crippen molar-refractivity contribution in [2.45, 2.75) is 6.92 Å². The van der Waals surface area contributed by atoms with Crippen molar-refractivity contribution in [1.29, 1.82) is 0 Å². The maximum Gasteiger partial charge on any atom is 0.323 e. The van der Waals surface area contributed by atoms with E-state index < -0.39 is 0 Å². The third-order valence-corrected chi connectivity index (χ3v) is 3.83. The number of hydrogen-bond acceptors (Lipinski definition) is 4. The molecule has 8 nitrogen and oxygen atoms in total. The number of ether oxygens (including phenoxy) is 1. The molecular weight excluding hydrogens is 334 g/mol. The van der Waals surface area contributed by atoms with Crippen LogP contribution in [0.1, 0.15) is 5.56 Å². The van der Waals surface area contributed by atoms with Gasteiger partial charge >= 0.3 is 6.03 Å². The number of anilines is 3. The number of carbonyl (C=O) groups excluding carboxylic acids is 2. The molecule has 26 heavy (non-hydrogen) atoms. The van der Waals surface area contributed by atoms with Crippen molar-refractivity contribution in [3.05, 3.63) is 48.0 Å². The van der Waals surface area contributed by atoms with Crippen molar-refractivity contribution >= 4 is 40.5 Å². The van der Waals surface area contributed by atoms with Crippen LogP contribution < -0.4 is 26.2 Å². The third-order valence-electron chi connectivity index (χ3n) is 3.83. The average molecular weight is 353 g/mol. The molecule has 3 amide bonds. The fourth-order valence-electron chi connectivity index (χ4n) is 2.57. The molecule has 8 heteroatoms. The predicted octanol–water partition coefficient (Wildman–Crippen LogP) is 3.20.